The van der Waals surface area contributed by atoms with Crippen molar-refractivity contribution in [3.63, 3.8) is 0 Å². The Hall–Kier alpha value is -3.13. The van der Waals surface area contributed by atoms with E-state index in [0.717, 1.165) is 11.6 Å². The summed E-state index contributed by atoms with van der Waals surface area (Å²) >= 11 is 0. The number of aliphatic carboxylic acids is 1. The van der Waals surface area contributed by atoms with Crippen LogP contribution < -0.4 is 4.74 Å². The highest BCUT2D eigenvalue weighted by atomic mass is 16.5. The minimum Gasteiger partial charge on any atom is -0.478 e. The van der Waals surface area contributed by atoms with E-state index in [2.05, 4.69) is 11.1 Å². The molecule has 0 radical (unpaired) electrons. The Bertz CT molecular complexity index is 745. The number of carboxylic acids is 1. The maximum absolute atomic E-state index is 10.5. The Labute approximate surface area is 121 Å². The molecule has 0 spiro atoms. The number of carbonyl (C=O) groups is 1. The minimum atomic E-state index is -1.03. The van der Waals surface area contributed by atoms with Crippen molar-refractivity contribution in [3.05, 3.63) is 59.4 Å². The zero-order chi connectivity index (χ0) is 15.2. The van der Waals surface area contributed by atoms with Crippen LogP contribution in [0.1, 0.15) is 16.7 Å². The summed E-state index contributed by atoms with van der Waals surface area (Å²) in [5, 5.41) is 17.5. The van der Waals surface area contributed by atoms with Gasteiger partial charge in [-0.05, 0) is 42.3 Å². The first-order valence-electron chi connectivity index (χ1n) is 6.13. The molecule has 21 heavy (non-hydrogen) atoms. The van der Waals surface area contributed by atoms with Gasteiger partial charge in [-0.1, -0.05) is 6.07 Å². The van der Waals surface area contributed by atoms with Crippen LogP contribution in [0.25, 0.3) is 6.08 Å². The van der Waals surface area contributed by atoms with Crippen molar-refractivity contribution in [1.82, 2.24) is 4.98 Å². The molecule has 0 saturated carbocycles. The number of ether oxygens (including phenoxy) is 1. The van der Waals surface area contributed by atoms with E-state index < -0.39 is 5.97 Å². The van der Waals surface area contributed by atoms with Crippen LogP contribution in [0, 0.1) is 18.3 Å². The maximum Gasteiger partial charge on any atom is 0.328 e. The van der Waals surface area contributed by atoms with Crippen molar-refractivity contribution in [2.45, 2.75) is 6.92 Å². The second-order valence-corrected chi connectivity index (χ2v) is 4.32. The number of rotatable bonds is 4. The molecule has 0 atom stereocenters. The Morgan fingerprint density at radius 1 is 1.38 bits per heavy atom. The van der Waals surface area contributed by atoms with Gasteiger partial charge in [0.05, 0.1) is 17.8 Å². The second-order valence-electron chi connectivity index (χ2n) is 4.32. The molecule has 1 heterocycles. The summed E-state index contributed by atoms with van der Waals surface area (Å²) in [6, 6.07) is 8.89. The van der Waals surface area contributed by atoms with Crippen molar-refractivity contribution in [2.75, 3.05) is 0 Å². The normalized spacial score (nSPS) is 10.3. The number of hydrogen-bond donors (Lipinski definition) is 1. The van der Waals surface area contributed by atoms with E-state index in [1.807, 2.05) is 6.92 Å². The lowest BCUT2D eigenvalue weighted by molar-refractivity contribution is -0.131. The summed E-state index contributed by atoms with van der Waals surface area (Å²) in [6.07, 6.45) is 5.52. The van der Waals surface area contributed by atoms with E-state index >= 15 is 0 Å². The van der Waals surface area contributed by atoms with Gasteiger partial charge in [0.15, 0.2) is 0 Å². The van der Waals surface area contributed by atoms with Gasteiger partial charge in [-0.25, -0.2) is 4.79 Å². The zero-order valence-electron chi connectivity index (χ0n) is 11.3. The predicted molar refractivity (Wildman–Crippen MR) is 76.9 cm³/mol. The molecule has 1 aromatic carbocycles. The van der Waals surface area contributed by atoms with Crippen molar-refractivity contribution in [1.29, 1.82) is 5.26 Å². The molecule has 2 aromatic rings. The Morgan fingerprint density at radius 2 is 2.19 bits per heavy atom. The average molecular weight is 280 g/mol. The number of nitrogens with zero attached hydrogens (tertiary/aromatic N) is 2. The number of benzene rings is 1. The highest BCUT2D eigenvalue weighted by Gasteiger charge is 2.04. The van der Waals surface area contributed by atoms with Crippen LogP contribution >= 0.6 is 0 Å². The Balaban J connectivity index is 2.26. The van der Waals surface area contributed by atoms with E-state index in [0.29, 0.717) is 22.6 Å². The molecular formula is C16H12N2O3. The fourth-order valence-corrected chi connectivity index (χ4v) is 1.66. The quantitative estimate of drug-likeness (QED) is 0.870. The number of carboxylic acid groups (broad SMARTS) is 1. The third-order valence-corrected chi connectivity index (χ3v) is 2.70. The molecule has 104 valence electrons. The summed E-state index contributed by atoms with van der Waals surface area (Å²) in [7, 11) is 0. The zero-order valence-corrected chi connectivity index (χ0v) is 11.3. The number of aromatic nitrogens is 1. The van der Waals surface area contributed by atoms with Gasteiger partial charge in [-0.15, -0.1) is 0 Å². The molecule has 0 aliphatic rings. The van der Waals surface area contributed by atoms with Crippen LogP contribution in [0.2, 0.25) is 0 Å². The van der Waals surface area contributed by atoms with Crippen molar-refractivity contribution < 1.29 is 14.6 Å². The molecule has 0 saturated heterocycles. The summed E-state index contributed by atoms with van der Waals surface area (Å²) in [5.41, 5.74) is 2.01. The average Bonchev–Trinajstić information content (AvgIpc) is 2.48. The first kappa shape index (κ1) is 14.3. The van der Waals surface area contributed by atoms with Gasteiger partial charge >= 0.3 is 5.97 Å². The third-order valence-electron chi connectivity index (χ3n) is 2.70. The molecule has 5 heteroatoms. The smallest absolute Gasteiger partial charge is 0.328 e. The van der Waals surface area contributed by atoms with Crippen molar-refractivity contribution >= 4 is 12.0 Å². The summed E-state index contributed by atoms with van der Waals surface area (Å²) in [4.78, 5) is 14.5. The topological polar surface area (TPSA) is 83.2 Å². The van der Waals surface area contributed by atoms with E-state index in [4.69, 9.17) is 15.1 Å². The molecule has 1 N–H and O–H groups in total. The molecule has 0 aliphatic heterocycles. The predicted octanol–water partition coefficient (Wildman–Crippen LogP) is 3.15. The van der Waals surface area contributed by atoms with E-state index in [1.165, 1.54) is 18.5 Å². The lowest BCUT2D eigenvalue weighted by atomic mass is 10.1. The molecule has 2 rings (SSSR count). The first-order valence-corrected chi connectivity index (χ1v) is 6.13. The molecule has 0 amide bonds. The van der Waals surface area contributed by atoms with Gasteiger partial charge in [0.1, 0.15) is 11.5 Å². The van der Waals surface area contributed by atoms with Gasteiger partial charge in [0.25, 0.3) is 0 Å². The highest BCUT2D eigenvalue weighted by Crippen LogP contribution is 2.26. The highest BCUT2D eigenvalue weighted by molar-refractivity contribution is 5.85. The summed E-state index contributed by atoms with van der Waals surface area (Å²) < 4.78 is 5.70. The molecule has 0 bridgehead atoms. The van der Waals surface area contributed by atoms with Crippen LogP contribution in [-0.4, -0.2) is 16.1 Å². The molecule has 0 aliphatic carbocycles. The van der Waals surface area contributed by atoms with Crippen LogP contribution in [0.5, 0.6) is 11.5 Å². The summed E-state index contributed by atoms with van der Waals surface area (Å²) in [5.74, 6) is 0.00910. The minimum absolute atomic E-state index is 0.473. The standard InChI is InChI=1S/C16H12N2O3/c1-11-2-3-12(8-17)7-15(11)21-14-6-13(9-18-10-14)4-5-16(19)20/h2-7,9-10H,1H3,(H,19,20)/b5-4+. The lowest BCUT2D eigenvalue weighted by Gasteiger charge is -2.09. The second kappa shape index (κ2) is 6.35. The molecule has 5 nitrogen and oxygen atoms in total. The van der Waals surface area contributed by atoms with Gasteiger partial charge in [-0.3, -0.25) is 4.98 Å². The number of hydrogen-bond acceptors (Lipinski definition) is 4. The van der Waals surface area contributed by atoms with Gasteiger partial charge in [0.2, 0.25) is 0 Å². The first-order chi connectivity index (χ1) is 10.1. The Morgan fingerprint density at radius 3 is 2.90 bits per heavy atom. The molecular weight excluding hydrogens is 268 g/mol. The van der Waals surface area contributed by atoms with E-state index in [9.17, 15) is 4.79 Å². The fourth-order valence-electron chi connectivity index (χ4n) is 1.66. The van der Waals surface area contributed by atoms with Crippen molar-refractivity contribution in [3.8, 4) is 17.6 Å². The number of pyridine rings is 1. The van der Waals surface area contributed by atoms with Gasteiger partial charge in [-0.2, -0.15) is 5.26 Å². The largest absolute Gasteiger partial charge is 0.478 e. The van der Waals surface area contributed by atoms with E-state index in [1.54, 1.807) is 24.3 Å². The fraction of sp³-hybridized carbons (Fsp3) is 0.0625. The van der Waals surface area contributed by atoms with Crippen LogP contribution in [0.3, 0.4) is 0 Å². The van der Waals surface area contributed by atoms with Crippen LogP contribution in [0.15, 0.2) is 42.7 Å². The van der Waals surface area contributed by atoms with Crippen LogP contribution in [-0.2, 0) is 4.79 Å². The summed E-state index contributed by atoms with van der Waals surface area (Å²) in [6.45, 7) is 1.87. The Kier molecular flexibility index (Phi) is 4.32. The van der Waals surface area contributed by atoms with Crippen LogP contribution in [0.4, 0.5) is 0 Å². The molecule has 0 fully saturated rings. The molecule has 0 unspecified atom stereocenters. The molecule has 1 aromatic heterocycles. The third kappa shape index (κ3) is 3.91. The maximum atomic E-state index is 10.5. The van der Waals surface area contributed by atoms with Crippen molar-refractivity contribution in [2.24, 2.45) is 0 Å². The lowest BCUT2D eigenvalue weighted by Crippen LogP contribution is -1.91. The number of nitriles is 1. The van der Waals surface area contributed by atoms with E-state index in [-0.39, 0.29) is 0 Å². The SMILES string of the molecule is Cc1ccc(C#N)cc1Oc1cncc(/C=C/C(=O)O)c1. The number of aryl methyl sites for hydroxylation is 1. The van der Waals surface area contributed by atoms with Gasteiger partial charge < -0.3 is 9.84 Å². The van der Waals surface area contributed by atoms with Gasteiger partial charge in [0, 0.05) is 12.3 Å². The monoisotopic (exact) mass is 280 g/mol.